The first-order chi connectivity index (χ1) is 20.9. The number of nitrogens with zero attached hydrogens (tertiary/aromatic N) is 1. The first-order valence-corrected chi connectivity index (χ1v) is 15.2. The van der Waals surface area contributed by atoms with Crippen molar-refractivity contribution < 1.29 is 14.4 Å². The van der Waals surface area contributed by atoms with Crippen molar-refractivity contribution in [3.63, 3.8) is 0 Å². The fourth-order valence-corrected chi connectivity index (χ4v) is 5.92. The maximum absolute atomic E-state index is 13.5. The molecule has 0 bridgehead atoms. The number of amides is 3. The molecule has 1 saturated heterocycles. The Morgan fingerprint density at radius 1 is 0.721 bits per heavy atom. The predicted octanol–water partition coefficient (Wildman–Crippen LogP) is 3.15. The van der Waals surface area contributed by atoms with Crippen LogP contribution in [0.4, 0.5) is 0 Å². The van der Waals surface area contributed by atoms with E-state index in [0.717, 1.165) is 40.1 Å². The third-order valence-corrected chi connectivity index (χ3v) is 8.35. The van der Waals surface area contributed by atoms with E-state index in [-0.39, 0.29) is 30.8 Å². The highest BCUT2D eigenvalue weighted by Gasteiger charge is 2.44. The first kappa shape index (κ1) is 30.2. The van der Waals surface area contributed by atoms with Gasteiger partial charge < -0.3 is 27.0 Å². The van der Waals surface area contributed by atoms with Gasteiger partial charge in [0.2, 0.25) is 17.7 Å². The standard InChI is InChI=1S/C35H41N5O3/c36-16-5-6-17-38-33(41)30-22-40(35(43)32(37)21-25-12-14-27-8-2-4-10-29(27)20-25)23-31(30)34(42)39-18-15-24-11-13-26-7-1-3-9-28(26)19-24/h1-4,7-14,19-20,30-32H,5-6,15-18,21-23,36-37H2,(H,38,41)(H,39,42)/t30-,31-,32+/m1/s1. The largest absolute Gasteiger partial charge is 0.356 e. The van der Waals surface area contributed by atoms with Gasteiger partial charge in [-0.1, -0.05) is 84.9 Å². The van der Waals surface area contributed by atoms with E-state index in [9.17, 15) is 14.4 Å². The third-order valence-electron chi connectivity index (χ3n) is 8.35. The van der Waals surface area contributed by atoms with E-state index in [1.807, 2.05) is 48.5 Å². The zero-order valence-electron chi connectivity index (χ0n) is 24.5. The molecule has 1 aliphatic heterocycles. The van der Waals surface area contributed by atoms with Crippen molar-refractivity contribution in [3.05, 3.63) is 96.1 Å². The first-order valence-electron chi connectivity index (χ1n) is 15.2. The second-order valence-electron chi connectivity index (χ2n) is 11.5. The van der Waals surface area contributed by atoms with Crippen molar-refractivity contribution >= 4 is 39.3 Å². The molecule has 1 fully saturated rings. The molecule has 0 radical (unpaired) electrons. The van der Waals surface area contributed by atoms with Gasteiger partial charge in [-0.3, -0.25) is 14.4 Å². The average molecular weight is 580 g/mol. The predicted molar refractivity (Wildman–Crippen MR) is 171 cm³/mol. The number of hydrogen-bond donors (Lipinski definition) is 4. The summed E-state index contributed by atoms with van der Waals surface area (Å²) in [7, 11) is 0. The summed E-state index contributed by atoms with van der Waals surface area (Å²) >= 11 is 0. The van der Waals surface area contributed by atoms with Gasteiger partial charge in [0.15, 0.2) is 0 Å². The van der Waals surface area contributed by atoms with Crippen LogP contribution in [0.2, 0.25) is 0 Å². The highest BCUT2D eigenvalue weighted by Crippen LogP contribution is 2.26. The number of nitrogens with two attached hydrogens (primary N) is 2. The minimum absolute atomic E-state index is 0.160. The molecule has 0 unspecified atom stereocenters. The van der Waals surface area contributed by atoms with Gasteiger partial charge in [-0.15, -0.1) is 0 Å². The number of carbonyl (C=O) groups excluding carboxylic acids is 3. The van der Waals surface area contributed by atoms with E-state index < -0.39 is 17.9 Å². The van der Waals surface area contributed by atoms with E-state index in [4.69, 9.17) is 11.5 Å². The van der Waals surface area contributed by atoms with Gasteiger partial charge in [-0.25, -0.2) is 0 Å². The smallest absolute Gasteiger partial charge is 0.239 e. The van der Waals surface area contributed by atoms with Crippen molar-refractivity contribution in [2.24, 2.45) is 23.3 Å². The van der Waals surface area contributed by atoms with Gasteiger partial charge >= 0.3 is 0 Å². The number of fused-ring (bicyclic) bond motifs is 2. The van der Waals surface area contributed by atoms with E-state index in [0.29, 0.717) is 32.5 Å². The van der Waals surface area contributed by atoms with E-state index in [1.54, 1.807) is 4.90 Å². The fraction of sp³-hybridized carbons (Fsp3) is 0.343. The summed E-state index contributed by atoms with van der Waals surface area (Å²) in [6, 6.07) is 27.8. The van der Waals surface area contributed by atoms with Crippen molar-refractivity contribution in [2.45, 2.75) is 31.7 Å². The van der Waals surface area contributed by atoms with Gasteiger partial charge in [-0.2, -0.15) is 0 Å². The average Bonchev–Trinajstić information content (AvgIpc) is 3.48. The van der Waals surface area contributed by atoms with E-state index in [1.165, 1.54) is 5.39 Å². The van der Waals surface area contributed by atoms with Crippen LogP contribution in [0.1, 0.15) is 24.0 Å². The zero-order valence-corrected chi connectivity index (χ0v) is 24.5. The number of likely N-dealkylation sites (tertiary alicyclic amines) is 1. The van der Waals surface area contributed by atoms with Gasteiger partial charge in [0, 0.05) is 26.2 Å². The minimum atomic E-state index is -0.774. The lowest BCUT2D eigenvalue weighted by atomic mass is 9.94. The van der Waals surface area contributed by atoms with Crippen molar-refractivity contribution in [3.8, 4) is 0 Å². The van der Waals surface area contributed by atoms with E-state index >= 15 is 0 Å². The summed E-state index contributed by atoms with van der Waals surface area (Å²) < 4.78 is 0. The van der Waals surface area contributed by atoms with Gasteiger partial charge in [0.05, 0.1) is 17.9 Å². The summed E-state index contributed by atoms with van der Waals surface area (Å²) in [5, 5.41) is 10.5. The molecule has 4 aromatic carbocycles. The molecule has 3 amide bonds. The second-order valence-corrected chi connectivity index (χ2v) is 11.5. The summed E-state index contributed by atoms with van der Waals surface area (Å²) in [5.74, 6) is -1.98. The Bertz CT molecular complexity index is 1590. The molecule has 3 atom stereocenters. The van der Waals surface area contributed by atoms with Crippen LogP contribution in [0, 0.1) is 11.8 Å². The van der Waals surface area contributed by atoms with Crippen LogP contribution in [-0.2, 0) is 27.2 Å². The van der Waals surface area contributed by atoms with Crippen molar-refractivity contribution in [2.75, 3.05) is 32.7 Å². The van der Waals surface area contributed by atoms with Crippen LogP contribution in [0.3, 0.4) is 0 Å². The quantitative estimate of drug-likeness (QED) is 0.192. The molecule has 8 nitrogen and oxygen atoms in total. The molecular weight excluding hydrogens is 538 g/mol. The lowest BCUT2D eigenvalue weighted by Crippen LogP contribution is -2.44. The summed E-state index contributed by atoms with van der Waals surface area (Å²) in [6.45, 7) is 1.80. The molecule has 0 saturated carbocycles. The van der Waals surface area contributed by atoms with Gasteiger partial charge in [0.25, 0.3) is 0 Å². The molecule has 1 heterocycles. The molecule has 224 valence electrons. The lowest BCUT2D eigenvalue weighted by molar-refractivity contribution is -0.132. The Morgan fingerprint density at radius 3 is 1.86 bits per heavy atom. The highest BCUT2D eigenvalue weighted by atomic mass is 16.2. The molecule has 0 aromatic heterocycles. The van der Waals surface area contributed by atoms with E-state index in [2.05, 4.69) is 47.0 Å². The number of carbonyl (C=O) groups is 3. The third kappa shape index (κ3) is 7.58. The summed E-state index contributed by atoms with van der Waals surface area (Å²) in [5.41, 5.74) is 14.1. The van der Waals surface area contributed by atoms with Crippen LogP contribution in [0.15, 0.2) is 84.9 Å². The molecule has 6 N–H and O–H groups in total. The van der Waals surface area contributed by atoms with Crippen LogP contribution in [-0.4, -0.2) is 61.4 Å². The number of unbranched alkanes of at least 4 members (excludes halogenated alkanes) is 1. The molecule has 5 rings (SSSR count). The van der Waals surface area contributed by atoms with Crippen molar-refractivity contribution in [1.29, 1.82) is 0 Å². The summed E-state index contributed by atoms with van der Waals surface area (Å²) in [6.07, 6.45) is 2.60. The number of rotatable bonds is 12. The Morgan fingerprint density at radius 2 is 1.26 bits per heavy atom. The molecule has 8 heteroatoms. The maximum Gasteiger partial charge on any atom is 0.239 e. The molecular formula is C35H41N5O3. The normalized spacial score (nSPS) is 17.2. The minimum Gasteiger partial charge on any atom is -0.356 e. The van der Waals surface area contributed by atoms with Crippen molar-refractivity contribution in [1.82, 2.24) is 15.5 Å². The monoisotopic (exact) mass is 579 g/mol. The Balaban J connectivity index is 1.22. The highest BCUT2D eigenvalue weighted by molar-refractivity contribution is 5.91. The fourth-order valence-electron chi connectivity index (χ4n) is 5.92. The van der Waals surface area contributed by atoms with Gasteiger partial charge in [-0.05, 0) is 64.9 Å². The molecule has 0 spiro atoms. The maximum atomic E-state index is 13.5. The SMILES string of the molecule is NCCCCNC(=O)[C@@H]1CN(C(=O)[C@@H](N)Cc2ccc3ccccc3c2)C[C@H]1C(=O)NCCc1ccc2ccccc2c1. The number of nitrogens with one attached hydrogen (secondary N) is 2. The molecule has 4 aromatic rings. The second kappa shape index (κ2) is 14.3. The van der Waals surface area contributed by atoms with Crippen LogP contribution in [0.25, 0.3) is 21.5 Å². The topological polar surface area (TPSA) is 131 Å². The van der Waals surface area contributed by atoms with Crippen LogP contribution in [0.5, 0.6) is 0 Å². The van der Waals surface area contributed by atoms with Gasteiger partial charge in [0.1, 0.15) is 0 Å². The Labute approximate surface area is 252 Å². The number of benzene rings is 4. The van der Waals surface area contributed by atoms with Crippen LogP contribution >= 0.6 is 0 Å². The number of hydrogen-bond acceptors (Lipinski definition) is 5. The summed E-state index contributed by atoms with van der Waals surface area (Å²) in [4.78, 5) is 41.7. The Hall–Kier alpha value is -4.27. The molecule has 1 aliphatic rings. The van der Waals surface area contributed by atoms with Crippen LogP contribution < -0.4 is 22.1 Å². The molecule has 0 aliphatic carbocycles. The lowest BCUT2D eigenvalue weighted by Gasteiger charge is -2.21. The zero-order chi connectivity index (χ0) is 30.2. The Kier molecular flexibility index (Phi) is 10.0. The molecule has 43 heavy (non-hydrogen) atoms.